The minimum Gasteiger partial charge on any atom is -0.461 e. The summed E-state index contributed by atoms with van der Waals surface area (Å²) < 4.78 is 7.35. The molecule has 0 atom stereocenters. The van der Waals surface area contributed by atoms with E-state index in [1.54, 1.807) is 12.5 Å². The Labute approximate surface area is 184 Å². The second-order valence-electron chi connectivity index (χ2n) is 6.58. The molecule has 1 N–H and O–H groups in total. The summed E-state index contributed by atoms with van der Waals surface area (Å²) in [4.78, 5) is 16.7. The molecule has 0 aliphatic rings. The smallest absolute Gasteiger partial charge is 0.234 e. The van der Waals surface area contributed by atoms with Crippen LogP contribution in [0.5, 0.6) is 0 Å². The number of furan rings is 1. The lowest BCUT2D eigenvalue weighted by Gasteiger charge is -2.07. The normalized spacial score (nSPS) is 11.1. The van der Waals surface area contributed by atoms with Crippen LogP contribution in [-0.4, -0.2) is 31.4 Å². The zero-order valence-corrected chi connectivity index (χ0v) is 17.7. The first-order valence-corrected chi connectivity index (χ1v) is 10.8. The number of benzene rings is 1. The van der Waals surface area contributed by atoms with Gasteiger partial charge in [0.25, 0.3) is 0 Å². The highest BCUT2D eigenvalue weighted by Gasteiger charge is 2.16. The third-order valence-corrected chi connectivity index (χ3v) is 5.38. The molecule has 7 nitrogen and oxygen atoms in total. The average Bonchev–Trinajstić information content (AvgIpc) is 3.46. The van der Waals surface area contributed by atoms with Crippen LogP contribution in [0.25, 0.3) is 23.7 Å². The third kappa shape index (κ3) is 5.29. The summed E-state index contributed by atoms with van der Waals surface area (Å²) in [6, 6.07) is 17.1. The van der Waals surface area contributed by atoms with Crippen LogP contribution < -0.4 is 5.32 Å². The van der Waals surface area contributed by atoms with E-state index in [2.05, 4.69) is 20.5 Å². The number of thioether (sulfide) groups is 1. The molecule has 0 spiro atoms. The van der Waals surface area contributed by atoms with Crippen LogP contribution in [0, 0.1) is 0 Å². The standard InChI is InChI=1S/C23H21N5O2S/c1-2-28-22(20-10-6-14-30-20)26-27-23(28)31-16-21(29)25-19-9-5-7-17(15-19)11-12-18-8-3-4-13-24-18/h3-15H,2,16H2,1H3,(H,25,29). The second kappa shape index (κ2) is 9.90. The van der Waals surface area contributed by atoms with Crippen LogP contribution in [0.4, 0.5) is 5.69 Å². The zero-order valence-electron chi connectivity index (χ0n) is 16.9. The fourth-order valence-corrected chi connectivity index (χ4v) is 3.77. The Balaban J connectivity index is 1.37. The molecule has 8 heteroatoms. The number of hydrogen-bond donors (Lipinski definition) is 1. The molecule has 0 saturated heterocycles. The summed E-state index contributed by atoms with van der Waals surface area (Å²) in [6.07, 6.45) is 7.26. The maximum atomic E-state index is 12.5. The summed E-state index contributed by atoms with van der Waals surface area (Å²) in [5.74, 6) is 1.43. The fraction of sp³-hybridized carbons (Fsp3) is 0.130. The van der Waals surface area contributed by atoms with E-state index in [9.17, 15) is 4.79 Å². The van der Waals surface area contributed by atoms with E-state index >= 15 is 0 Å². The van der Waals surface area contributed by atoms with Crippen molar-refractivity contribution in [2.45, 2.75) is 18.6 Å². The van der Waals surface area contributed by atoms with Crippen LogP contribution in [-0.2, 0) is 11.3 Å². The predicted molar refractivity (Wildman–Crippen MR) is 122 cm³/mol. The topological polar surface area (TPSA) is 85.8 Å². The van der Waals surface area contributed by atoms with E-state index in [-0.39, 0.29) is 11.7 Å². The Morgan fingerprint density at radius 1 is 1.13 bits per heavy atom. The highest BCUT2D eigenvalue weighted by Crippen LogP contribution is 2.24. The zero-order chi connectivity index (χ0) is 21.5. The molecule has 31 heavy (non-hydrogen) atoms. The van der Waals surface area contributed by atoms with Gasteiger partial charge in [-0.2, -0.15) is 0 Å². The van der Waals surface area contributed by atoms with Gasteiger partial charge in [-0.1, -0.05) is 36.0 Å². The molecule has 1 aromatic carbocycles. The quantitative estimate of drug-likeness (QED) is 0.401. The molecule has 156 valence electrons. The molecule has 0 radical (unpaired) electrons. The lowest BCUT2D eigenvalue weighted by atomic mass is 10.1. The van der Waals surface area contributed by atoms with Crippen molar-refractivity contribution in [3.8, 4) is 11.6 Å². The first-order valence-electron chi connectivity index (χ1n) is 9.82. The van der Waals surface area contributed by atoms with Crippen molar-refractivity contribution >= 4 is 35.5 Å². The van der Waals surface area contributed by atoms with Gasteiger partial charge in [0.1, 0.15) is 0 Å². The summed E-state index contributed by atoms with van der Waals surface area (Å²) in [5, 5.41) is 12.0. The predicted octanol–water partition coefficient (Wildman–Crippen LogP) is 4.85. The van der Waals surface area contributed by atoms with Crippen molar-refractivity contribution in [2.75, 3.05) is 11.1 Å². The molecule has 3 heterocycles. The second-order valence-corrected chi connectivity index (χ2v) is 7.52. The van der Waals surface area contributed by atoms with Crippen LogP contribution in [0.15, 0.2) is 76.6 Å². The van der Waals surface area contributed by atoms with E-state index in [4.69, 9.17) is 4.42 Å². The van der Waals surface area contributed by atoms with E-state index in [0.29, 0.717) is 23.3 Å². The fourth-order valence-electron chi connectivity index (χ4n) is 2.97. The molecule has 0 unspecified atom stereocenters. The van der Waals surface area contributed by atoms with Crippen LogP contribution >= 0.6 is 11.8 Å². The minimum atomic E-state index is -0.110. The molecular formula is C23H21N5O2S. The van der Waals surface area contributed by atoms with Crippen molar-refractivity contribution < 1.29 is 9.21 Å². The number of aromatic nitrogens is 4. The van der Waals surface area contributed by atoms with Gasteiger partial charge < -0.3 is 9.73 Å². The molecule has 0 aliphatic heterocycles. The molecule has 0 saturated carbocycles. The summed E-state index contributed by atoms with van der Waals surface area (Å²) in [7, 11) is 0. The Morgan fingerprint density at radius 2 is 2.06 bits per heavy atom. The largest absolute Gasteiger partial charge is 0.461 e. The van der Waals surface area contributed by atoms with Gasteiger partial charge >= 0.3 is 0 Å². The maximum absolute atomic E-state index is 12.5. The summed E-state index contributed by atoms with van der Waals surface area (Å²) in [6.45, 7) is 2.68. The number of pyridine rings is 1. The van der Waals surface area contributed by atoms with Crippen LogP contribution in [0.3, 0.4) is 0 Å². The highest BCUT2D eigenvalue weighted by atomic mass is 32.2. The Hall–Kier alpha value is -3.65. The van der Waals surface area contributed by atoms with Gasteiger partial charge in [0.05, 0.1) is 17.7 Å². The molecule has 0 aliphatic carbocycles. The SMILES string of the molecule is CCn1c(SCC(=O)Nc2cccc(C=Cc3ccccn3)c2)nnc1-c1ccco1. The number of nitrogens with zero attached hydrogens (tertiary/aromatic N) is 4. The monoisotopic (exact) mass is 431 g/mol. The Kier molecular flexibility index (Phi) is 6.59. The van der Waals surface area contributed by atoms with E-state index in [0.717, 1.165) is 16.9 Å². The number of hydrogen-bond acceptors (Lipinski definition) is 6. The van der Waals surface area contributed by atoms with E-state index < -0.39 is 0 Å². The Morgan fingerprint density at radius 3 is 2.84 bits per heavy atom. The molecule has 4 rings (SSSR count). The molecular weight excluding hydrogens is 410 g/mol. The van der Waals surface area contributed by atoms with Gasteiger partial charge in [-0.3, -0.25) is 14.3 Å². The maximum Gasteiger partial charge on any atom is 0.234 e. The number of amides is 1. The van der Waals surface area contributed by atoms with Gasteiger partial charge in [0.2, 0.25) is 5.91 Å². The van der Waals surface area contributed by atoms with Crippen LogP contribution in [0.1, 0.15) is 18.2 Å². The van der Waals surface area contributed by atoms with Crippen molar-refractivity contribution in [1.29, 1.82) is 0 Å². The summed E-state index contributed by atoms with van der Waals surface area (Å²) >= 11 is 1.34. The van der Waals surface area contributed by atoms with Crippen molar-refractivity contribution in [1.82, 2.24) is 19.7 Å². The number of anilines is 1. The highest BCUT2D eigenvalue weighted by molar-refractivity contribution is 7.99. The van der Waals surface area contributed by atoms with Gasteiger partial charge in [0.15, 0.2) is 16.7 Å². The number of carbonyl (C=O) groups excluding carboxylic acids is 1. The lowest BCUT2D eigenvalue weighted by Crippen LogP contribution is -2.14. The number of rotatable bonds is 8. The number of nitrogens with one attached hydrogen (secondary N) is 1. The molecule has 4 aromatic rings. The van der Waals surface area contributed by atoms with Crippen molar-refractivity contribution in [3.05, 3.63) is 78.3 Å². The molecule has 1 amide bonds. The first kappa shape index (κ1) is 20.6. The molecule has 0 fully saturated rings. The number of carbonyl (C=O) groups is 1. The Bertz CT molecular complexity index is 1170. The van der Waals surface area contributed by atoms with E-state index in [1.807, 2.05) is 78.2 Å². The van der Waals surface area contributed by atoms with Gasteiger partial charge in [-0.25, -0.2) is 0 Å². The van der Waals surface area contributed by atoms with Crippen LogP contribution in [0.2, 0.25) is 0 Å². The minimum absolute atomic E-state index is 0.110. The van der Waals surface area contributed by atoms with Gasteiger partial charge in [-0.15, -0.1) is 10.2 Å². The average molecular weight is 432 g/mol. The van der Waals surface area contributed by atoms with E-state index in [1.165, 1.54) is 11.8 Å². The molecule has 3 aromatic heterocycles. The van der Waals surface area contributed by atoms with Crippen molar-refractivity contribution in [2.24, 2.45) is 0 Å². The van der Waals surface area contributed by atoms with Gasteiger partial charge in [0, 0.05) is 18.4 Å². The lowest BCUT2D eigenvalue weighted by molar-refractivity contribution is -0.113. The first-order chi connectivity index (χ1) is 15.2. The van der Waals surface area contributed by atoms with Gasteiger partial charge in [-0.05, 0) is 55.0 Å². The van der Waals surface area contributed by atoms with Crippen molar-refractivity contribution in [3.63, 3.8) is 0 Å². The third-order valence-electron chi connectivity index (χ3n) is 4.41. The molecule has 0 bridgehead atoms. The summed E-state index contributed by atoms with van der Waals surface area (Å²) in [5.41, 5.74) is 2.59.